The van der Waals surface area contributed by atoms with E-state index in [4.69, 9.17) is 9.47 Å². The number of anilines is 3. The highest BCUT2D eigenvalue weighted by Crippen LogP contribution is 2.29. The number of nitrogens with zero attached hydrogens (tertiary/aromatic N) is 2. The van der Waals surface area contributed by atoms with Crippen LogP contribution in [0.15, 0.2) is 53.4 Å². The Hall–Kier alpha value is -3.86. The van der Waals surface area contributed by atoms with Crippen molar-refractivity contribution >= 4 is 33.4 Å². The molecular weight excluding hydrogens is 434 g/mol. The van der Waals surface area contributed by atoms with Crippen molar-refractivity contribution in [2.45, 2.75) is 18.7 Å². The van der Waals surface area contributed by atoms with Gasteiger partial charge in [0.1, 0.15) is 11.5 Å². The number of rotatable bonds is 7. The molecule has 0 aliphatic carbocycles. The second-order valence-electron chi connectivity index (χ2n) is 6.75. The molecule has 0 unspecified atom stereocenters. The molecule has 0 bridgehead atoms. The lowest BCUT2D eigenvalue weighted by molar-refractivity contribution is 0.262. The van der Waals surface area contributed by atoms with Gasteiger partial charge in [-0.3, -0.25) is 0 Å². The van der Waals surface area contributed by atoms with Crippen LogP contribution in [-0.4, -0.2) is 38.6 Å². The van der Waals surface area contributed by atoms with Crippen LogP contribution in [0, 0.1) is 13.8 Å². The van der Waals surface area contributed by atoms with Crippen LogP contribution < -0.4 is 24.8 Å². The maximum Gasteiger partial charge on any atom is 0.323 e. The first-order valence-corrected chi connectivity index (χ1v) is 10.9. The fourth-order valence-electron chi connectivity index (χ4n) is 2.86. The molecule has 0 atom stereocenters. The highest BCUT2D eigenvalue weighted by molar-refractivity contribution is 7.92. The SMILES string of the molecule is COc1ccc(OC)c(NC(=O)Nc2ccc(S(=O)(=O)Nc3nc(C)cc(C)n3)cc2)c1. The molecular formula is C21H23N5O5S. The van der Waals surface area contributed by atoms with E-state index in [1.54, 1.807) is 38.1 Å². The summed E-state index contributed by atoms with van der Waals surface area (Å²) in [6.45, 7) is 3.50. The lowest BCUT2D eigenvalue weighted by atomic mass is 10.2. The second-order valence-corrected chi connectivity index (χ2v) is 8.43. The molecule has 0 fully saturated rings. The predicted octanol–water partition coefficient (Wildman–Crippen LogP) is 3.56. The van der Waals surface area contributed by atoms with Gasteiger partial charge < -0.3 is 20.1 Å². The average Bonchev–Trinajstić information content (AvgIpc) is 2.73. The number of carbonyl (C=O) groups excluding carboxylic acids is 1. The number of methoxy groups -OCH3 is 2. The Labute approximate surface area is 186 Å². The van der Waals surface area contributed by atoms with Gasteiger partial charge in [-0.2, -0.15) is 0 Å². The van der Waals surface area contributed by atoms with E-state index in [9.17, 15) is 13.2 Å². The monoisotopic (exact) mass is 457 g/mol. The Morgan fingerprint density at radius 3 is 2.12 bits per heavy atom. The summed E-state index contributed by atoms with van der Waals surface area (Å²) in [6.07, 6.45) is 0. The number of ether oxygens (including phenoxy) is 2. The van der Waals surface area contributed by atoms with E-state index in [2.05, 4.69) is 25.3 Å². The van der Waals surface area contributed by atoms with Crippen molar-refractivity contribution in [3.63, 3.8) is 0 Å². The van der Waals surface area contributed by atoms with Gasteiger partial charge >= 0.3 is 6.03 Å². The van der Waals surface area contributed by atoms with Crippen molar-refractivity contribution in [1.82, 2.24) is 9.97 Å². The van der Waals surface area contributed by atoms with Crippen LogP contribution in [0.4, 0.5) is 22.1 Å². The van der Waals surface area contributed by atoms with Gasteiger partial charge in [-0.25, -0.2) is 27.9 Å². The molecule has 1 aromatic heterocycles. The Balaban J connectivity index is 1.69. The van der Waals surface area contributed by atoms with Crippen LogP contribution in [0.25, 0.3) is 0 Å². The number of aromatic nitrogens is 2. The third-order valence-corrected chi connectivity index (χ3v) is 5.63. The molecule has 168 valence electrons. The van der Waals surface area contributed by atoms with E-state index in [1.807, 2.05) is 0 Å². The first kappa shape index (κ1) is 22.8. The Morgan fingerprint density at radius 1 is 0.875 bits per heavy atom. The fourth-order valence-corrected chi connectivity index (χ4v) is 3.81. The number of aryl methyl sites for hydroxylation is 2. The second kappa shape index (κ2) is 9.52. The van der Waals surface area contributed by atoms with Crippen LogP contribution in [0.1, 0.15) is 11.4 Å². The van der Waals surface area contributed by atoms with Gasteiger partial charge in [-0.15, -0.1) is 0 Å². The minimum Gasteiger partial charge on any atom is -0.497 e. The van der Waals surface area contributed by atoms with Crippen LogP contribution in [0.5, 0.6) is 11.5 Å². The maximum absolute atomic E-state index is 12.6. The van der Waals surface area contributed by atoms with Gasteiger partial charge in [0.05, 0.1) is 24.8 Å². The molecule has 11 heteroatoms. The van der Waals surface area contributed by atoms with Crippen LogP contribution in [0.2, 0.25) is 0 Å². The van der Waals surface area contributed by atoms with Gasteiger partial charge in [-0.1, -0.05) is 0 Å². The minimum atomic E-state index is -3.89. The number of nitrogens with one attached hydrogen (secondary N) is 3. The van der Waals surface area contributed by atoms with E-state index in [1.165, 1.54) is 38.5 Å². The summed E-state index contributed by atoms with van der Waals surface area (Å²) in [5.41, 5.74) is 2.11. The molecule has 3 rings (SSSR count). The molecule has 1 heterocycles. The molecule has 0 saturated carbocycles. The van der Waals surface area contributed by atoms with Crippen LogP contribution in [0.3, 0.4) is 0 Å². The maximum atomic E-state index is 12.6. The van der Waals surface area contributed by atoms with Crippen molar-refractivity contribution in [2.75, 3.05) is 29.6 Å². The number of benzene rings is 2. The zero-order valence-electron chi connectivity index (χ0n) is 18.0. The normalized spacial score (nSPS) is 10.9. The van der Waals surface area contributed by atoms with Crippen LogP contribution >= 0.6 is 0 Å². The van der Waals surface area contributed by atoms with Crippen molar-refractivity contribution in [3.8, 4) is 11.5 Å². The van der Waals surface area contributed by atoms with Crippen molar-refractivity contribution in [2.24, 2.45) is 0 Å². The predicted molar refractivity (Wildman–Crippen MR) is 121 cm³/mol. The molecule has 3 aromatic rings. The minimum absolute atomic E-state index is 0.000632. The third kappa shape index (κ3) is 5.64. The van der Waals surface area contributed by atoms with E-state index in [0.717, 1.165) is 0 Å². The Morgan fingerprint density at radius 2 is 1.53 bits per heavy atom. The van der Waals surface area contributed by atoms with Gasteiger partial charge in [0.25, 0.3) is 10.0 Å². The molecule has 0 aliphatic rings. The largest absolute Gasteiger partial charge is 0.497 e. The highest BCUT2D eigenvalue weighted by atomic mass is 32.2. The van der Waals surface area contributed by atoms with E-state index in [-0.39, 0.29) is 10.8 Å². The molecule has 0 aliphatic heterocycles. The fraction of sp³-hybridized carbons (Fsp3) is 0.190. The van der Waals surface area contributed by atoms with Gasteiger partial charge in [-0.05, 0) is 56.3 Å². The summed E-state index contributed by atoms with van der Waals surface area (Å²) in [5.74, 6) is 1.01. The average molecular weight is 458 g/mol. The summed E-state index contributed by atoms with van der Waals surface area (Å²) in [5, 5.41) is 5.31. The van der Waals surface area contributed by atoms with Crippen molar-refractivity contribution in [3.05, 3.63) is 59.9 Å². The summed E-state index contributed by atoms with van der Waals surface area (Å²) < 4.78 is 38.0. The molecule has 32 heavy (non-hydrogen) atoms. The summed E-state index contributed by atoms with van der Waals surface area (Å²) in [4.78, 5) is 20.5. The Kier molecular flexibility index (Phi) is 6.79. The summed E-state index contributed by atoms with van der Waals surface area (Å²) in [7, 11) is -0.888. The third-order valence-electron chi connectivity index (χ3n) is 4.29. The van der Waals surface area contributed by atoms with Gasteiger partial charge in [0.15, 0.2) is 0 Å². The topological polar surface area (TPSA) is 132 Å². The summed E-state index contributed by atoms with van der Waals surface area (Å²) in [6, 6.07) is 11.9. The Bertz CT molecular complexity index is 1210. The summed E-state index contributed by atoms with van der Waals surface area (Å²) >= 11 is 0. The van der Waals surface area contributed by atoms with Gasteiger partial charge in [0, 0.05) is 23.1 Å². The molecule has 0 radical (unpaired) electrons. The van der Waals surface area contributed by atoms with E-state index >= 15 is 0 Å². The zero-order valence-corrected chi connectivity index (χ0v) is 18.8. The number of urea groups is 1. The molecule has 2 aromatic carbocycles. The molecule has 0 spiro atoms. The van der Waals surface area contributed by atoms with Crippen LogP contribution in [-0.2, 0) is 10.0 Å². The molecule has 2 amide bonds. The molecule has 3 N–H and O–H groups in total. The zero-order chi connectivity index (χ0) is 23.3. The van der Waals surface area contributed by atoms with Gasteiger partial charge in [0.2, 0.25) is 5.95 Å². The quantitative estimate of drug-likeness (QED) is 0.494. The number of hydrogen-bond donors (Lipinski definition) is 3. The first-order chi connectivity index (χ1) is 15.2. The first-order valence-electron chi connectivity index (χ1n) is 9.45. The number of carbonyl (C=O) groups is 1. The highest BCUT2D eigenvalue weighted by Gasteiger charge is 2.16. The number of amides is 2. The molecule has 0 saturated heterocycles. The lowest BCUT2D eigenvalue weighted by Gasteiger charge is -2.13. The smallest absolute Gasteiger partial charge is 0.323 e. The number of hydrogen-bond acceptors (Lipinski definition) is 7. The number of sulfonamides is 1. The van der Waals surface area contributed by atoms with Crippen molar-refractivity contribution < 1.29 is 22.7 Å². The standard InChI is InChI=1S/C21H23N5O5S/c1-13-11-14(2)23-20(22-13)26-32(28,29)17-8-5-15(6-9-17)24-21(27)25-18-12-16(30-3)7-10-19(18)31-4/h5-12H,1-4H3,(H,22,23,26)(H2,24,25,27). The lowest BCUT2D eigenvalue weighted by Crippen LogP contribution is -2.20. The van der Waals surface area contributed by atoms with Crippen molar-refractivity contribution in [1.29, 1.82) is 0 Å². The van der Waals surface area contributed by atoms with E-state index in [0.29, 0.717) is 34.3 Å². The van der Waals surface area contributed by atoms with E-state index < -0.39 is 16.1 Å². The molecule has 10 nitrogen and oxygen atoms in total.